The minimum atomic E-state index is -1.02. The first-order valence-electron chi connectivity index (χ1n) is 8.68. The number of rotatable bonds is 2. The molecule has 5 rings (SSSR count). The molecule has 1 fully saturated rings. The molecule has 1 amide bonds. The van der Waals surface area contributed by atoms with Crippen molar-refractivity contribution in [3.8, 4) is 0 Å². The Morgan fingerprint density at radius 3 is 2.89 bits per heavy atom. The van der Waals surface area contributed by atoms with Crippen LogP contribution in [0.5, 0.6) is 0 Å². The highest BCUT2D eigenvalue weighted by Gasteiger charge is 2.50. The van der Waals surface area contributed by atoms with Crippen LogP contribution in [0.25, 0.3) is 5.65 Å². The highest BCUT2D eigenvalue weighted by Crippen LogP contribution is 2.49. The number of piperidine rings is 1. The van der Waals surface area contributed by atoms with E-state index in [0.29, 0.717) is 6.54 Å². The highest BCUT2D eigenvalue weighted by molar-refractivity contribution is 9.10. The first kappa shape index (κ1) is 16.5. The molecular weight excluding hydrogens is 416 g/mol. The smallest absolute Gasteiger partial charge is 0.405 e. The second-order valence-electron chi connectivity index (χ2n) is 7.08. The minimum Gasteiger partial charge on any atom is -0.465 e. The number of halogens is 1. The molecule has 2 N–H and O–H groups in total. The summed E-state index contributed by atoms with van der Waals surface area (Å²) in [6, 6.07) is -0.293. The van der Waals surface area contributed by atoms with Crippen LogP contribution in [0.1, 0.15) is 24.6 Å². The molecule has 3 aromatic heterocycles. The predicted octanol–water partition coefficient (Wildman–Crippen LogP) is 1.69. The Kier molecular flexibility index (Phi) is 3.61. The fraction of sp³-hybridized carbons (Fsp3) is 0.438. The van der Waals surface area contributed by atoms with Crippen LogP contribution in [-0.4, -0.2) is 53.7 Å². The number of aromatic nitrogens is 6. The van der Waals surface area contributed by atoms with Gasteiger partial charge in [0.1, 0.15) is 0 Å². The fourth-order valence-electron chi connectivity index (χ4n) is 4.37. The number of imidazole rings is 1. The van der Waals surface area contributed by atoms with Crippen LogP contribution in [0.2, 0.25) is 0 Å². The fourth-order valence-corrected chi connectivity index (χ4v) is 4.77. The third-order valence-electron chi connectivity index (χ3n) is 5.69. The number of hydrogen-bond acceptors (Lipinski definition) is 6. The molecule has 2 aliphatic heterocycles. The van der Waals surface area contributed by atoms with E-state index in [9.17, 15) is 9.90 Å². The van der Waals surface area contributed by atoms with Crippen molar-refractivity contribution in [3.63, 3.8) is 0 Å². The van der Waals surface area contributed by atoms with Gasteiger partial charge in [0.15, 0.2) is 5.65 Å². The number of nitrogens with zero attached hydrogens (tertiary/aromatic N) is 7. The van der Waals surface area contributed by atoms with Gasteiger partial charge in [-0.2, -0.15) is 0 Å². The second kappa shape index (κ2) is 5.91. The number of amides is 1. The summed E-state index contributed by atoms with van der Waals surface area (Å²) in [7, 11) is 0. The van der Waals surface area contributed by atoms with Gasteiger partial charge in [0.05, 0.1) is 29.0 Å². The zero-order chi connectivity index (χ0) is 18.6. The number of carboxylic acid groups (broad SMARTS) is 1. The molecule has 0 bridgehead atoms. The van der Waals surface area contributed by atoms with E-state index in [2.05, 4.69) is 46.4 Å². The molecule has 0 aromatic carbocycles. The van der Waals surface area contributed by atoms with Gasteiger partial charge in [-0.05, 0) is 28.8 Å². The number of nitrogens with one attached hydrogen (secondary N) is 1. The van der Waals surface area contributed by atoms with E-state index in [1.807, 2.05) is 15.3 Å². The zero-order valence-corrected chi connectivity index (χ0v) is 15.9. The highest BCUT2D eigenvalue weighted by atomic mass is 79.9. The molecule has 11 heteroatoms. The van der Waals surface area contributed by atoms with Gasteiger partial charge >= 0.3 is 6.09 Å². The third kappa shape index (κ3) is 2.48. The maximum absolute atomic E-state index is 11.4. The lowest BCUT2D eigenvalue weighted by Crippen LogP contribution is -2.47. The van der Waals surface area contributed by atoms with Crippen molar-refractivity contribution in [3.05, 3.63) is 35.0 Å². The van der Waals surface area contributed by atoms with Crippen LogP contribution in [0.15, 0.2) is 29.3 Å². The summed E-state index contributed by atoms with van der Waals surface area (Å²) >= 11 is 3.48. The van der Waals surface area contributed by atoms with Gasteiger partial charge in [0, 0.05) is 37.1 Å². The average Bonchev–Trinajstić information content (AvgIpc) is 3.35. The lowest BCUT2D eigenvalue weighted by Gasteiger charge is -2.42. The summed E-state index contributed by atoms with van der Waals surface area (Å²) in [4.78, 5) is 22.5. The molecule has 1 saturated heterocycles. The molecule has 0 aliphatic carbocycles. The first-order valence-corrected chi connectivity index (χ1v) is 9.47. The molecule has 5 heterocycles. The van der Waals surface area contributed by atoms with Crippen LogP contribution in [0, 0.1) is 5.41 Å². The van der Waals surface area contributed by atoms with Gasteiger partial charge in [0.25, 0.3) is 0 Å². The van der Waals surface area contributed by atoms with Gasteiger partial charge in [0.2, 0.25) is 5.95 Å². The SMILES string of the molecule is O=C(O)N[C@@H]1c2cnnn2CC12CCN(c1ncc(Br)c3nccn13)CC2. The molecule has 3 aromatic rings. The van der Waals surface area contributed by atoms with Crippen LogP contribution in [0.3, 0.4) is 0 Å². The van der Waals surface area contributed by atoms with E-state index in [1.165, 1.54) is 0 Å². The Hall–Kier alpha value is -2.69. The van der Waals surface area contributed by atoms with Crippen LogP contribution < -0.4 is 10.2 Å². The Bertz CT molecular complexity index is 1020. The van der Waals surface area contributed by atoms with Gasteiger partial charge < -0.3 is 15.3 Å². The van der Waals surface area contributed by atoms with Crippen molar-refractivity contribution in [2.75, 3.05) is 18.0 Å². The van der Waals surface area contributed by atoms with Crippen molar-refractivity contribution >= 4 is 33.6 Å². The molecule has 140 valence electrons. The molecule has 0 saturated carbocycles. The summed E-state index contributed by atoms with van der Waals surface area (Å²) in [6.07, 6.45) is 7.72. The molecular formula is C16H17BrN8O2. The van der Waals surface area contributed by atoms with E-state index in [4.69, 9.17) is 0 Å². The second-order valence-corrected chi connectivity index (χ2v) is 7.93. The summed E-state index contributed by atoms with van der Waals surface area (Å²) in [5, 5.41) is 20.0. The van der Waals surface area contributed by atoms with Crippen LogP contribution in [-0.2, 0) is 6.54 Å². The maximum Gasteiger partial charge on any atom is 0.405 e. The molecule has 2 aliphatic rings. The zero-order valence-electron chi connectivity index (χ0n) is 14.3. The van der Waals surface area contributed by atoms with Crippen molar-refractivity contribution < 1.29 is 9.90 Å². The summed E-state index contributed by atoms with van der Waals surface area (Å²) in [6.45, 7) is 2.23. The Morgan fingerprint density at radius 1 is 1.30 bits per heavy atom. The normalized spacial score (nSPS) is 20.9. The average molecular weight is 433 g/mol. The number of carbonyl (C=O) groups is 1. The maximum atomic E-state index is 11.4. The quantitative estimate of drug-likeness (QED) is 0.633. The standard InChI is InChI=1S/C16H17BrN8O2/c17-10-7-19-14(24-6-3-18-13(10)24)23-4-1-16(2-5-23)9-25-11(8-20-22-25)12(16)21-15(26)27/h3,6-8,12,21H,1-2,4-5,9H2,(H,26,27)/t12-/m1/s1. The van der Waals surface area contributed by atoms with Gasteiger partial charge in [-0.3, -0.25) is 4.40 Å². The molecule has 1 atom stereocenters. The number of hydrogen-bond donors (Lipinski definition) is 2. The van der Waals surface area contributed by atoms with Crippen molar-refractivity contribution in [1.82, 2.24) is 34.7 Å². The molecule has 10 nitrogen and oxygen atoms in total. The van der Waals surface area contributed by atoms with Crippen LogP contribution >= 0.6 is 15.9 Å². The lowest BCUT2D eigenvalue weighted by molar-refractivity contribution is 0.132. The van der Waals surface area contributed by atoms with Gasteiger partial charge in [-0.15, -0.1) is 5.10 Å². The Labute approximate surface area is 162 Å². The molecule has 0 unspecified atom stereocenters. The summed E-state index contributed by atoms with van der Waals surface area (Å²) < 4.78 is 4.64. The van der Waals surface area contributed by atoms with Crippen LogP contribution in [0.4, 0.5) is 10.7 Å². The number of fused-ring (bicyclic) bond motifs is 2. The van der Waals surface area contributed by atoms with E-state index < -0.39 is 6.09 Å². The first-order chi connectivity index (χ1) is 13.1. The van der Waals surface area contributed by atoms with Crippen molar-refractivity contribution in [2.45, 2.75) is 25.4 Å². The van der Waals surface area contributed by atoms with E-state index in [-0.39, 0.29) is 11.5 Å². The Balaban J connectivity index is 1.42. The largest absolute Gasteiger partial charge is 0.465 e. The summed E-state index contributed by atoms with van der Waals surface area (Å²) in [5.41, 5.74) is 1.48. The Morgan fingerprint density at radius 2 is 2.11 bits per heavy atom. The third-order valence-corrected chi connectivity index (χ3v) is 6.25. The van der Waals surface area contributed by atoms with Crippen molar-refractivity contribution in [1.29, 1.82) is 0 Å². The van der Waals surface area contributed by atoms with E-state index in [0.717, 1.165) is 47.7 Å². The van der Waals surface area contributed by atoms with E-state index in [1.54, 1.807) is 18.6 Å². The number of anilines is 1. The van der Waals surface area contributed by atoms with E-state index >= 15 is 0 Å². The minimum absolute atomic E-state index is 0.191. The van der Waals surface area contributed by atoms with Gasteiger partial charge in [-0.1, -0.05) is 5.21 Å². The topological polar surface area (TPSA) is 113 Å². The molecule has 27 heavy (non-hydrogen) atoms. The predicted molar refractivity (Wildman–Crippen MR) is 98.5 cm³/mol. The monoisotopic (exact) mass is 432 g/mol. The van der Waals surface area contributed by atoms with Gasteiger partial charge in [-0.25, -0.2) is 19.4 Å². The van der Waals surface area contributed by atoms with Crippen molar-refractivity contribution in [2.24, 2.45) is 5.41 Å². The molecule has 0 radical (unpaired) electrons. The lowest BCUT2D eigenvalue weighted by atomic mass is 9.73. The summed E-state index contributed by atoms with van der Waals surface area (Å²) in [5.74, 6) is 0.848. The molecule has 1 spiro atoms.